The maximum Gasteiger partial charge on any atom is 0.237 e. The van der Waals surface area contributed by atoms with Crippen molar-refractivity contribution < 1.29 is 9.53 Å². The molecule has 0 aromatic carbocycles. The van der Waals surface area contributed by atoms with E-state index in [2.05, 4.69) is 22.5 Å². The maximum absolute atomic E-state index is 12.1. The van der Waals surface area contributed by atoms with Crippen molar-refractivity contribution in [2.24, 2.45) is 0 Å². The standard InChI is InChI=1S/C15H31N3O2/c1-4-18(12-14-8-5-6-9-16-14)13(2)15(19)17-10-7-11-20-3/h13-14,16H,4-12H2,1-3H3,(H,17,19). The third-order valence-corrected chi connectivity index (χ3v) is 4.03. The smallest absolute Gasteiger partial charge is 0.237 e. The van der Waals surface area contributed by atoms with Crippen LogP contribution in [-0.4, -0.2) is 62.8 Å². The van der Waals surface area contributed by atoms with Crippen LogP contribution in [0.15, 0.2) is 0 Å². The molecule has 1 aliphatic rings. The van der Waals surface area contributed by atoms with Crippen molar-refractivity contribution in [1.82, 2.24) is 15.5 Å². The van der Waals surface area contributed by atoms with Gasteiger partial charge in [0.15, 0.2) is 0 Å². The number of amides is 1. The maximum atomic E-state index is 12.1. The van der Waals surface area contributed by atoms with Crippen molar-refractivity contribution in [2.75, 3.05) is 39.9 Å². The number of hydrogen-bond donors (Lipinski definition) is 2. The number of methoxy groups -OCH3 is 1. The van der Waals surface area contributed by atoms with E-state index in [1.165, 1.54) is 19.3 Å². The van der Waals surface area contributed by atoms with Gasteiger partial charge in [0.2, 0.25) is 5.91 Å². The van der Waals surface area contributed by atoms with E-state index in [0.717, 1.165) is 26.1 Å². The minimum atomic E-state index is -0.0636. The second kappa shape index (κ2) is 10.1. The Morgan fingerprint density at radius 2 is 2.30 bits per heavy atom. The molecule has 0 aliphatic carbocycles. The van der Waals surface area contributed by atoms with Gasteiger partial charge in [0.05, 0.1) is 6.04 Å². The van der Waals surface area contributed by atoms with Gasteiger partial charge < -0.3 is 15.4 Å². The Morgan fingerprint density at radius 1 is 1.50 bits per heavy atom. The Kier molecular flexibility index (Phi) is 8.82. The summed E-state index contributed by atoms with van der Waals surface area (Å²) in [6, 6.07) is 0.471. The highest BCUT2D eigenvalue weighted by molar-refractivity contribution is 5.81. The quantitative estimate of drug-likeness (QED) is 0.620. The molecular weight excluding hydrogens is 254 g/mol. The fourth-order valence-electron chi connectivity index (χ4n) is 2.67. The molecule has 1 saturated heterocycles. The van der Waals surface area contributed by atoms with Gasteiger partial charge in [0.25, 0.3) is 0 Å². The number of likely N-dealkylation sites (N-methyl/N-ethyl adjacent to an activating group) is 1. The van der Waals surface area contributed by atoms with E-state index >= 15 is 0 Å². The van der Waals surface area contributed by atoms with Crippen molar-refractivity contribution in [1.29, 1.82) is 0 Å². The molecule has 0 saturated carbocycles. The van der Waals surface area contributed by atoms with Crippen LogP contribution in [0.25, 0.3) is 0 Å². The average Bonchev–Trinajstić information content (AvgIpc) is 2.49. The Bertz CT molecular complexity index is 268. The first kappa shape index (κ1) is 17.4. The molecule has 0 aromatic rings. The summed E-state index contributed by atoms with van der Waals surface area (Å²) in [5.74, 6) is 0.124. The van der Waals surface area contributed by atoms with Gasteiger partial charge in [-0.2, -0.15) is 0 Å². The fraction of sp³-hybridized carbons (Fsp3) is 0.933. The first-order chi connectivity index (χ1) is 9.69. The van der Waals surface area contributed by atoms with Gasteiger partial charge in [-0.05, 0) is 39.3 Å². The molecule has 0 spiro atoms. The van der Waals surface area contributed by atoms with E-state index in [1.54, 1.807) is 7.11 Å². The Morgan fingerprint density at radius 3 is 2.90 bits per heavy atom. The van der Waals surface area contributed by atoms with Crippen molar-refractivity contribution in [3.63, 3.8) is 0 Å². The predicted octanol–water partition coefficient (Wildman–Crippen LogP) is 0.992. The van der Waals surface area contributed by atoms with Crippen LogP contribution in [0, 0.1) is 0 Å². The monoisotopic (exact) mass is 285 g/mol. The molecule has 20 heavy (non-hydrogen) atoms. The summed E-state index contributed by atoms with van der Waals surface area (Å²) in [6.07, 6.45) is 4.66. The summed E-state index contributed by atoms with van der Waals surface area (Å²) in [6.45, 7) is 8.48. The van der Waals surface area contributed by atoms with Gasteiger partial charge in [0.1, 0.15) is 0 Å². The van der Waals surface area contributed by atoms with Crippen LogP contribution in [-0.2, 0) is 9.53 Å². The third-order valence-electron chi connectivity index (χ3n) is 4.03. The number of nitrogens with zero attached hydrogens (tertiary/aromatic N) is 1. The van der Waals surface area contributed by atoms with Crippen molar-refractivity contribution >= 4 is 5.91 Å². The average molecular weight is 285 g/mol. The zero-order chi connectivity index (χ0) is 14.8. The molecule has 5 heteroatoms. The Hall–Kier alpha value is -0.650. The highest BCUT2D eigenvalue weighted by Gasteiger charge is 2.23. The normalized spacial score (nSPS) is 20.9. The van der Waals surface area contributed by atoms with E-state index in [1.807, 2.05) is 6.92 Å². The van der Waals surface area contributed by atoms with E-state index < -0.39 is 0 Å². The van der Waals surface area contributed by atoms with Gasteiger partial charge in [-0.1, -0.05) is 13.3 Å². The fourth-order valence-corrected chi connectivity index (χ4v) is 2.67. The van der Waals surface area contributed by atoms with Crippen LogP contribution in [0.1, 0.15) is 39.5 Å². The number of ether oxygens (including phenoxy) is 1. The van der Waals surface area contributed by atoms with Crippen LogP contribution < -0.4 is 10.6 Å². The number of carbonyl (C=O) groups is 1. The summed E-state index contributed by atoms with van der Waals surface area (Å²) in [7, 11) is 1.68. The first-order valence-corrected chi connectivity index (χ1v) is 7.93. The van der Waals surface area contributed by atoms with E-state index in [0.29, 0.717) is 19.2 Å². The number of rotatable bonds is 9. The van der Waals surface area contributed by atoms with Crippen LogP contribution in [0.5, 0.6) is 0 Å². The van der Waals surface area contributed by atoms with E-state index in [9.17, 15) is 4.79 Å². The van der Waals surface area contributed by atoms with Crippen LogP contribution >= 0.6 is 0 Å². The highest BCUT2D eigenvalue weighted by atomic mass is 16.5. The molecule has 1 fully saturated rings. The third kappa shape index (κ3) is 6.20. The van der Waals surface area contributed by atoms with Crippen LogP contribution in [0.3, 0.4) is 0 Å². The molecule has 1 rings (SSSR count). The topological polar surface area (TPSA) is 53.6 Å². The molecule has 0 aromatic heterocycles. The van der Waals surface area contributed by atoms with Crippen LogP contribution in [0.4, 0.5) is 0 Å². The molecule has 118 valence electrons. The molecule has 2 N–H and O–H groups in total. The summed E-state index contributed by atoms with van der Waals surface area (Å²) in [5.41, 5.74) is 0. The largest absolute Gasteiger partial charge is 0.385 e. The Balaban J connectivity index is 2.32. The number of piperidine rings is 1. The van der Waals surface area contributed by atoms with Crippen molar-refractivity contribution in [2.45, 2.75) is 51.6 Å². The molecule has 2 atom stereocenters. The molecule has 5 nitrogen and oxygen atoms in total. The lowest BCUT2D eigenvalue weighted by atomic mass is 10.0. The van der Waals surface area contributed by atoms with Crippen molar-refractivity contribution in [3.05, 3.63) is 0 Å². The zero-order valence-corrected chi connectivity index (χ0v) is 13.3. The summed E-state index contributed by atoms with van der Waals surface area (Å²) in [5, 5.41) is 6.54. The van der Waals surface area contributed by atoms with Gasteiger partial charge >= 0.3 is 0 Å². The lowest BCUT2D eigenvalue weighted by molar-refractivity contribution is -0.126. The van der Waals surface area contributed by atoms with Crippen molar-refractivity contribution in [3.8, 4) is 0 Å². The number of nitrogens with one attached hydrogen (secondary N) is 2. The second-order valence-electron chi connectivity index (χ2n) is 5.55. The molecule has 1 aliphatic heterocycles. The van der Waals surface area contributed by atoms with Gasteiger partial charge in [-0.25, -0.2) is 0 Å². The minimum Gasteiger partial charge on any atom is -0.385 e. The lowest BCUT2D eigenvalue weighted by Gasteiger charge is -2.33. The molecule has 2 unspecified atom stereocenters. The van der Waals surface area contributed by atoms with Gasteiger partial charge in [-0.15, -0.1) is 0 Å². The summed E-state index contributed by atoms with van der Waals surface area (Å²) >= 11 is 0. The molecule has 1 amide bonds. The minimum absolute atomic E-state index is 0.0636. The number of hydrogen-bond acceptors (Lipinski definition) is 4. The SMILES string of the molecule is CCN(CC1CCCCN1)C(C)C(=O)NCCCOC. The summed E-state index contributed by atoms with van der Waals surface area (Å²) < 4.78 is 4.98. The zero-order valence-electron chi connectivity index (χ0n) is 13.3. The number of carbonyl (C=O) groups excluding carboxylic acids is 1. The van der Waals surface area contributed by atoms with Gasteiger partial charge in [-0.3, -0.25) is 9.69 Å². The van der Waals surface area contributed by atoms with E-state index in [4.69, 9.17) is 4.74 Å². The highest BCUT2D eigenvalue weighted by Crippen LogP contribution is 2.10. The van der Waals surface area contributed by atoms with Gasteiger partial charge in [0, 0.05) is 32.8 Å². The lowest BCUT2D eigenvalue weighted by Crippen LogP contribution is -2.51. The Labute approximate surface area is 123 Å². The molecule has 0 bridgehead atoms. The predicted molar refractivity (Wildman–Crippen MR) is 81.9 cm³/mol. The molecule has 1 heterocycles. The van der Waals surface area contributed by atoms with E-state index in [-0.39, 0.29) is 11.9 Å². The van der Waals surface area contributed by atoms with Crippen LogP contribution in [0.2, 0.25) is 0 Å². The molecular formula is C15H31N3O2. The second-order valence-corrected chi connectivity index (χ2v) is 5.55. The molecule has 0 radical (unpaired) electrons. The first-order valence-electron chi connectivity index (χ1n) is 7.93. The summed E-state index contributed by atoms with van der Waals surface area (Å²) in [4.78, 5) is 14.4.